The van der Waals surface area contributed by atoms with Gasteiger partial charge in [0, 0.05) is 45.0 Å². The zero-order chi connectivity index (χ0) is 23.5. The van der Waals surface area contributed by atoms with E-state index in [1.165, 1.54) is 0 Å². The molecule has 3 heterocycles. The summed E-state index contributed by atoms with van der Waals surface area (Å²) < 4.78 is 31.7. The summed E-state index contributed by atoms with van der Waals surface area (Å²) in [6.07, 6.45) is -1.04. The molecule has 32 heavy (non-hydrogen) atoms. The number of halogens is 3. The Morgan fingerprint density at radius 2 is 1.81 bits per heavy atom. The van der Waals surface area contributed by atoms with Crippen LogP contribution in [-0.4, -0.2) is 70.5 Å². The Kier molecular flexibility index (Phi) is 6.52. The minimum absolute atomic E-state index is 0.0340. The Morgan fingerprint density at radius 1 is 1.16 bits per heavy atom. The van der Waals surface area contributed by atoms with E-state index in [1.54, 1.807) is 29.4 Å². The molecule has 2 fully saturated rings. The third kappa shape index (κ3) is 4.58. The third-order valence-corrected chi connectivity index (χ3v) is 5.85. The molecule has 2 aliphatic rings. The maximum atomic E-state index is 13.0. The summed E-state index contributed by atoms with van der Waals surface area (Å²) in [5, 5.41) is 7.12. The van der Waals surface area contributed by atoms with Gasteiger partial charge in [0.05, 0.1) is 11.0 Å². The number of nitrogens with zero attached hydrogens (tertiary/aromatic N) is 3. The first-order chi connectivity index (χ1) is 15.1. The molecular weight excluding hydrogens is 427 g/mol. The van der Waals surface area contributed by atoms with Crippen LogP contribution in [0.15, 0.2) is 54.9 Å². The molecule has 2 atom stereocenters. The van der Waals surface area contributed by atoms with Crippen LogP contribution in [0, 0.1) is 5.41 Å². The number of hydrogen-bond acceptors (Lipinski definition) is 4. The van der Waals surface area contributed by atoms with Crippen molar-refractivity contribution in [1.82, 2.24) is 14.8 Å². The molecule has 2 aromatic rings. The van der Waals surface area contributed by atoms with E-state index in [0.717, 1.165) is 18.5 Å². The minimum atomic E-state index is -5.08. The van der Waals surface area contributed by atoms with E-state index in [9.17, 15) is 22.8 Å². The van der Waals surface area contributed by atoms with Gasteiger partial charge in [0.25, 0.3) is 5.91 Å². The van der Waals surface area contributed by atoms with Crippen molar-refractivity contribution in [3.63, 3.8) is 0 Å². The van der Waals surface area contributed by atoms with Crippen molar-refractivity contribution in [2.45, 2.75) is 18.5 Å². The van der Waals surface area contributed by atoms with Crippen LogP contribution in [-0.2, 0) is 9.59 Å². The molecule has 7 nitrogen and oxygen atoms in total. The Labute approximate surface area is 182 Å². The fourth-order valence-electron chi connectivity index (χ4n) is 4.27. The summed E-state index contributed by atoms with van der Waals surface area (Å²) in [6.45, 7) is 1.79. The summed E-state index contributed by atoms with van der Waals surface area (Å²) >= 11 is 0. The lowest BCUT2D eigenvalue weighted by Gasteiger charge is -2.28. The maximum absolute atomic E-state index is 13.0. The van der Waals surface area contributed by atoms with Gasteiger partial charge in [0.1, 0.15) is 0 Å². The van der Waals surface area contributed by atoms with Crippen molar-refractivity contribution < 1.29 is 32.7 Å². The highest BCUT2D eigenvalue weighted by molar-refractivity contribution is 5.96. The highest BCUT2D eigenvalue weighted by atomic mass is 19.4. The fraction of sp³-hybridized carbons (Fsp3) is 0.364. The number of carbonyl (C=O) groups is 3. The number of aliphatic carboxylic acids is 1. The topological polar surface area (TPSA) is 90.8 Å². The second-order valence-corrected chi connectivity index (χ2v) is 7.83. The Balaban J connectivity index is 0.000000360. The molecule has 0 bridgehead atoms. The van der Waals surface area contributed by atoms with E-state index in [4.69, 9.17) is 9.90 Å². The van der Waals surface area contributed by atoms with Gasteiger partial charge in [-0.05, 0) is 24.1 Å². The van der Waals surface area contributed by atoms with Gasteiger partial charge >= 0.3 is 12.1 Å². The average molecular weight is 449 g/mol. The zero-order valence-electron chi connectivity index (χ0n) is 17.2. The van der Waals surface area contributed by atoms with Crippen LogP contribution in [0.4, 0.5) is 13.2 Å². The van der Waals surface area contributed by atoms with E-state index in [-0.39, 0.29) is 17.7 Å². The lowest BCUT2D eigenvalue weighted by molar-refractivity contribution is -0.192. The molecule has 170 valence electrons. The number of pyridine rings is 1. The van der Waals surface area contributed by atoms with Crippen molar-refractivity contribution in [2.75, 3.05) is 26.7 Å². The second kappa shape index (κ2) is 8.97. The highest BCUT2D eigenvalue weighted by Gasteiger charge is 2.57. The van der Waals surface area contributed by atoms with Crippen LogP contribution in [0.1, 0.15) is 28.3 Å². The minimum Gasteiger partial charge on any atom is -0.475 e. The number of carboxylic acid groups (broad SMARTS) is 1. The number of aromatic nitrogens is 1. The summed E-state index contributed by atoms with van der Waals surface area (Å²) in [4.78, 5) is 42.5. The van der Waals surface area contributed by atoms with Gasteiger partial charge in [-0.1, -0.05) is 30.3 Å². The number of carboxylic acids is 1. The van der Waals surface area contributed by atoms with Crippen LogP contribution < -0.4 is 0 Å². The third-order valence-electron chi connectivity index (χ3n) is 5.85. The zero-order valence-corrected chi connectivity index (χ0v) is 17.2. The van der Waals surface area contributed by atoms with Crippen LogP contribution in [0.5, 0.6) is 0 Å². The smallest absolute Gasteiger partial charge is 0.475 e. The van der Waals surface area contributed by atoms with Crippen molar-refractivity contribution >= 4 is 17.8 Å². The van der Waals surface area contributed by atoms with E-state index in [2.05, 4.69) is 17.1 Å². The van der Waals surface area contributed by atoms with Gasteiger partial charge in [-0.25, -0.2) is 4.79 Å². The van der Waals surface area contributed by atoms with Gasteiger partial charge < -0.3 is 14.9 Å². The summed E-state index contributed by atoms with van der Waals surface area (Å²) in [7, 11) is 1.85. The van der Waals surface area contributed by atoms with Gasteiger partial charge in [-0.15, -0.1) is 0 Å². The number of likely N-dealkylation sites (tertiary alicyclic amines) is 2. The van der Waals surface area contributed by atoms with Crippen molar-refractivity contribution in [3.8, 4) is 0 Å². The quantitative estimate of drug-likeness (QED) is 0.762. The predicted octanol–water partition coefficient (Wildman–Crippen LogP) is 2.80. The molecule has 4 rings (SSSR count). The second-order valence-electron chi connectivity index (χ2n) is 7.83. The fourth-order valence-corrected chi connectivity index (χ4v) is 4.27. The van der Waals surface area contributed by atoms with Crippen LogP contribution in [0.3, 0.4) is 0 Å². The van der Waals surface area contributed by atoms with Gasteiger partial charge in [-0.3, -0.25) is 14.6 Å². The molecule has 1 N–H and O–H groups in total. The molecule has 1 aromatic carbocycles. The number of alkyl halides is 3. The molecular formula is C22H22F3N3O4. The van der Waals surface area contributed by atoms with Crippen molar-refractivity contribution in [3.05, 3.63) is 66.0 Å². The lowest BCUT2D eigenvalue weighted by atomic mass is 9.73. The molecule has 0 saturated carbocycles. The standard InChI is InChI=1S/C20H21N3O2.C2HF3O2/c1-22-11-9-20(19(22)25)14-23(18(24)16-8-5-10-21-12-16)13-17(20)15-6-3-2-4-7-15;3-2(4,5)1(6)7/h2-8,10,12,17H,9,11,13-14H2,1H3;(H,6,7)/t17-,20+;/m0./s1. The van der Waals surface area contributed by atoms with E-state index in [0.29, 0.717) is 18.7 Å². The van der Waals surface area contributed by atoms with E-state index >= 15 is 0 Å². The molecule has 2 amide bonds. The number of hydrogen-bond donors (Lipinski definition) is 1. The molecule has 0 unspecified atom stereocenters. The van der Waals surface area contributed by atoms with Crippen LogP contribution >= 0.6 is 0 Å². The number of carbonyl (C=O) groups excluding carboxylic acids is 2. The molecule has 0 aliphatic carbocycles. The Morgan fingerprint density at radius 3 is 2.31 bits per heavy atom. The molecule has 1 aromatic heterocycles. The van der Waals surface area contributed by atoms with Gasteiger partial charge in [0.15, 0.2) is 0 Å². The number of benzene rings is 1. The molecule has 1 spiro atoms. The first-order valence-corrected chi connectivity index (χ1v) is 9.86. The summed E-state index contributed by atoms with van der Waals surface area (Å²) in [5.74, 6) is -2.62. The summed E-state index contributed by atoms with van der Waals surface area (Å²) in [5.41, 5.74) is 1.20. The number of rotatable bonds is 2. The molecule has 10 heteroatoms. The summed E-state index contributed by atoms with van der Waals surface area (Å²) in [6, 6.07) is 13.6. The molecule has 2 saturated heterocycles. The Bertz CT molecular complexity index is 985. The Hall–Kier alpha value is -3.43. The lowest BCUT2D eigenvalue weighted by Crippen LogP contribution is -2.39. The highest BCUT2D eigenvalue weighted by Crippen LogP contribution is 2.49. The van der Waals surface area contributed by atoms with E-state index in [1.807, 2.05) is 30.1 Å². The normalized spacial score (nSPS) is 22.6. The molecule has 2 aliphatic heterocycles. The monoisotopic (exact) mass is 449 g/mol. The average Bonchev–Trinajstić information content (AvgIpc) is 3.30. The van der Waals surface area contributed by atoms with Crippen molar-refractivity contribution in [1.29, 1.82) is 0 Å². The van der Waals surface area contributed by atoms with Crippen LogP contribution in [0.25, 0.3) is 0 Å². The van der Waals surface area contributed by atoms with Gasteiger partial charge in [0.2, 0.25) is 5.91 Å². The predicted molar refractivity (Wildman–Crippen MR) is 108 cm³/mol. The van der Waals surface area contributed by atoms with Crippen molar-refractivity contribution in [2.24, 2.45) is 5.41 Å². The first-order valence-electron chi connectivity index (χ1n) is 9.86. The SMILES string of the molecule is CN1CC[C@]2(CN(C(=O)c3cccnc3)C[C@H]2c2ccccc2)C1=O.O=C(O)C(F)(F)F. The van der Waals surface area contributed by atoms with Gasteiger partial charge in [-0.2, -0.15) is 13.2 Å². The first kappa shape index (κ1) is 23.2. The maximum Gasteiger partial charge on any atom is 0.490 e. The van der Waals surface area contributed by atoms with Crippen LogP contribution in [0.2, 0.25) is 0 Å². The largest absolute Gasteiger partial charge is 0.490 e. The number of amides is 2. The van der Waals surface area contributed by atoms with E-state index < -0.39 is 17.6 Å². The molecule has 0 radical (unpaired) electrons.